The van der Waals surface area contributed by atoms with Gasteiger partial charge in [-0.2, -0.15) is 52.7 Å². The first-order valence-corrected chi connectivity index (χ1v) is 8.20. The molecule has 0 spiro atoms. The summed E-state index contributed by atoms with van der Waals surface area (Å²) in [5, 5.41) is 9.52. The zero-order chi connectivity index (χ0) is 24.1. The molecule has 0 radical (unpaired) electrons. The van der Waals surface area contributed by atoms with Gasteiger partial charge in [0.2, 0.25) is 0 Å². The second-order valence-electron chi connectivity index (χ2n) is 6.98. The number of aliphatic hydroxyl groups is 1. The average Bonchev–Trinajstić information content (AvgIpc) is 2.54. The molecule has 13 heteroatoms. The van der Waals surface area contributed by atoms with Crippen LogP contribution in [0, 0.1) is 0 Å². The van der Waals surface area contributed by atoms with Crippen molar-refractivity contribution < 1.29 is 57.8 Å². The summed E-state index contributed by atoms with van der Waals surface area (Å²) in [7, 11) is 0. The van der Waals surface area contributed by atoms with Crippen LogP contribution in [0.3, 0.4) is 0 Å². The smallest absolute Gasteiger partial charge is 0.369 e. The van der Waals surface area contributed by atoms with Crippen LogP contribution in [0.25, 0.3) is 0 Å². The summed E-state index contributed by atoms with van der Waals surface area (Å²) < 4.78 is 159. The van der Waals surface area contributed by atoms with Crippen LogP contribution in [0.2, 0.25) is 0 Å². The summed E-state index contributed by atoms with van der Waals surface area (Å²) in [6, 6.07) is -0.175. The first-order valence-electron chi connectivity index (χ1n) is 8.20. The second-order valence-corrected chi connectivity index (χ2v) is 6.98. The van der Waals surface area contributed by atoms with Crippen LogP contribution in [0.4, 0.5) is 52.7 Å². The third kappa shape index (κ3) is 4.09. The predicted molar refractivity (Wildman–Crippen MR) is 80.6 cm³/mol. The molecule has 1 nitrogen and oxygen atoms in total. The first kappa shape index (κ1) is 26.4. The normalized spacial score (nSPS) is 16.0. The van der Waals surface area contributed by atoms with Gasteiger partial charge in [0.25, 0.3) is 5.60 Å². The SMILES string of the molecule is CCC(C)c1cc(C(C)(C(F)(F)F)C(F)(F)F)cc(C(O)(C(F)(F)F)C(F)(F)F)c1. The maximum atomic E-state index is 13.4. The standard InChI is InChI=1S/C17H16F12O/c1-4-8(2)9-5-10(12(3,14(18,19)20)15(21,22)23)7-11(6-9)13(30,16(24,25)26)17(27,28)29/h5-8,30H,4H2,1-3H3. The van der Waals surface area contributed by atoms with Crippen molar-refractivity contribution in [2.75, 3.05) is 0 Å². The first-order chi connectivity index (χ1) is 13.1. The molecule has 174 valence electrons. The fourth-order valence-electron chi connectivity index (χ4n) is 2.65. The summed E-state index contributed by atoms with van der Waals surface area (Å²) in [6.07, 6.45) is -25.2. The molecule has 30 heavy (non-hydrogen) atoms. The summed E-state index contributed by atoms with van der Waals surface area (Å²) >= 11 is 0. The van der Waals surface area contributed by atoms with Gasteiger partial charge in [-0.3, -0.25) is 0 Å². The monoisotopic (exact) mass is 464 g/mol. The molecule has 1 aromatic carbocycles. The van der Waals surface area contributed by atoms with Gasteiger partial charge in [0.1, 0.15) is 0 Å². The molecule has 0 heterocycles. The quantitative estimate of drug-likeness (QED) is 0.481. The number of hydrogen-bond acceptors (Lipinski definition) is 1. The van der Waals surface area contributed by atoms with Gasteiger partial charge in [-0.15, -0.1) is 0 Å². The van der Waals surface area contributed by atoms with Crippen molar-refractivity contribution in [1.29, 1.82) is 0 Å². The van der Waals surface area contributed by atoms with Gasteiger partial charge in [0.05, 0.1) is 0 Å². The van der Waals surface area contributed by atoms with E-state index in [0.717, 1.165) is 0 Å². The summed E-state index contributed by atoms with van der Waals surface area (Å²) in [5.41, 5.74) is -15.2. The summed E-state index contributed by atoms with van der Waals surface area (Å²) in [5.74, 6) is -1.01. The van der Waals surface area contributed by atoms with Crippen molar-refractivity contribution in [2.24, 2.45) is 0 Å². The van der Waals surface area contributed by atoms with Gasteiger partial charge in [0.15, 0.2) is 5.41 Å². The molecule has 0 bridgehead atoms. The molecule has 0 aliphatic rings. The minimum absolute atomic E-state index is 0.0336. The van der Waals surface area contributed by atoms with E-state index >= 15 is 0 Å². The lowest BCUT2D eigenvalue weighted by Crippen LogP contribution is -2.55. The van der Waals surface area contributed by atoms with Gasteiger partial charge in [-0.05, 0) is 30.4 Å². The van der Waals surface area contributed by atoms with E-state index in [0.29, 0.717) is 0 Å². The number of alkyl halides is 12. The highest BCUT2D eigenvalue weighted by Gasteiger charge is 2.73. The Kier molecular flexibility index (Phi) is 6.58. The molecule has 1 atom stereocenters. The zero-order valence-electron chi connectivity index (χ0n) is 15.5. The number of rotatable bonds is 4. The molecule has 0 aliphatic carbocycles. The van der Waals surface area contributed by atoms with E-state index in [1.807, 2.05) is 0 Å². The Labute approximate surface area is 162 Å². The Morgan fingerprint density at radius 2 is 1.07 bits per heavy atom. The van der Waals surface area contributed by atoms with Crippen LogP contribution in [-0.2, 0) is 11.0 Å². The van der Waals surface area contributed by atoms with Crippen molar-refractivity contribution >= 4 is 0 Å². The van der Waals surface area contributed by atoms with E-state index in [-0.39, 0.29) is 18.6 Å². The van der Waals surface area contributed by atoms with Crippen molar-refractivity contribution in [1.82, 2.24) is 0 Å². The zero-order valence-corrected chi connectivity index (χ0v) is 15.5. The highest BCUT2D eigenvalue weighted by atomic mass is 19.4. The Balaban J connectivity index is 4.13. The molecular formula is C17H16F12O. The second kappa shape index (κ2) is 7.49. The Morgan fingerprint density at radius 3 is 1.37 bits per heavy atom. The third-order valence-electron chi connectivity index (χ3n) is 5.09. The predicted octanol–water partition coefficient (Wildman–Crippen LogP) is 6.89. The van der Waals surface area contributed by atoms with Crippen molar-refractivity contribution in [3.63, 3.8) is 0 Å². The summed E-state index contributed by atoms with van der Waals surface area (Å²) in [4.78, 5) is 0. The lowest BCUT2D eigenvalue weighted by atomic mass is 9.76. The molecule has 0 fully saturated rings. The van der Waals surface area contributed by atoms with E-state index in [4.69, 9.17) is 0 Å². The largest absolute Gasteiger partial charge is 0.430 e. The molecule has 0 aromatic heterocycles. The molecule has 1 aromatic rings. The molecule has 0 saturated carbocycles. The Bertz CT molecular complexity index is 670. The van der Waals surface area contributed by atoms with Gasteiger partial charge in [0, 0.05) is 5.56 Å². The molecule has 0 amide bonds. The van der Waals surface area contributed by atoms with Crippen LogP contribution in [-0.4, -0.2) is 29.8 Å². The van der Waals surface area contributed by atoms with Crippen LogP contribution >= 0.6 is 0 Å². The van der Waals surface area contributed by atoms with E-state index in [1.54, 1.807) is 0 Å². The number of benzene rings is 1. The molecule has 0 saturated heterocycles. The number of hydrogen-bond donors (Lipinski definition) is 1. The van der Waals surface area contributed by atoms with E-state index < -0.39 is 71.3 Å². The molecule has 1 rings (SSSR count). The molecule has 1 N–H and O–H groups in total. The maximum absolute atomic E-state index is 13.4. The van der Waals surface area contributed by atoms with Crippen LogP contribution in [0.5, 0.6) is 0 Å². The molecule has 0 aliphatic heterocycles. The topological polar surface area (TPSA) is 20.2 Å². The summed E-state index contributed by atoms with van der Waals surface area (Å²) in [6.45, 7) is 2.15. The van der Waals surface area contributed by atoms with Crippen LogP contribution < -0.4 is 0 Å². The Morgan fingerprint density at radius 1 is 0.700 bits per heavy atom. The number of halogens is 12. The molecular weight excluding hydrogens is 448 g/mol. The van der Waals surface area contributed by atoms with Crippen molar-refractivity contribution in [2.45, 2.75) is 68.8 Å². The Hall–Kier alpha value is -1.66. The minimum Gasteiger partial charge on any atom is -0.369 e. The van der Waals surface area contributed by atoms with E-state index in [9.17, 15) is 57.8 Å². The maximum Gasteiger partial charge on any atom is 0.430 e. The van der Waals surface area contributed by atoms with Crippen LogP contribution in [0.15, 0.2) is 18.2 Å². The van der Waals surface area contributed by atoms with E-state index in [2.05, 4.69) is 0 Å². The van der Waals surface area contributed by atoms with E-state index in [1.165, 1.54) is 13.8 Å². The lowest BCUT2D eigenvalue weighted by molar-refractivity contribution is -0.376. The van der Waals surface area contributed by atoms with Crippen molar-refractivity contribution in [3.8, 4) is 0 Å². The van der Waals surface area contributed by atoms with Crippen LogP contribution in [0.1, 0.15) is 49.8 Å². The highest BCUT2D eigenvalue weighted by Crippen LogP contribution is 2.55. The third-order valence-corrected chi connectivity index (χ3v) is 5.09. The van der Waals surface area contributed by atoms with Gasteiger partial charge >= 0.3 is 24.7 Å². The molecule has 1 unspecified atom stereocenters. The fourth-order valence-corrected chi connectivity index (χ4v) is 2.65. The van der Waals surface area contributed by atoms with Gasteiger partial charge in [-0.1, -0.05) is 32.0 Å². The fraction of sp³-hybridized carbons (Fsp3) is 0.647. The minimum atomic E-state index is -6.48. The van der Waals surface area contributed by atoms with Crippen molar-refractivity contribution in [3.05, 3.63) is 34.9 Å². The van der Waals surface area contributed by atoms with Gasteiger partial charge < -0.3 is 5.11 Å². The van der Waals surface area contributed by atoms with Gasteiger partial charge in [-0.25, -0.2) is 0 Å². The lowest BCUT2D eigenvalue weighted by Gasteiger charge is -2.37. The average molecular weight is 464 g/mol. The highest BCUT2D eigenvalue weighted by molar-refractivity contribution is 5.42.